The largest absolute Gasteiger partial charge is 0.256 e. The van der Waals surface area contributed by atoms with Crippen LogP contribution in [0.1, 0.15) is 18.1 Å². The summed E-state index contributed by atoms with van der Waals surface area (Å²) >= 11 is 0. The van der Waals surface area contributed by atoms with Crippen LogP contribution >= 0.6 is 0 Å². The predicted octanol–water partition coefficient (Wildman–Crippen LogP) is 15.3. The molecule has 58 heavy (non-hydrogen) atoms. The number of aromatic nitrogens is 2. The lowest BCUT2D eigenvalue weighted by molar-refractivity contribution is 1.15. The number of hydrogen-bond acceptors (Lipinski definition) is 2. The molecule has 11 rings (SSSR count). The SMILES string of the molecule is C=Cc1cc(-c2cc3c(-c4cc5ccccc5c5ccccc45)cc(-c4ccc(-c5cccc6cccnc56)cc4)nc3c3ccccc23)c2ccccc2c1CC. The summed E-state index contributed by atoms with van der Waals surface area (Å²) in [5.41, 5.74) is 13.5. The number of rotatable bonds is 6. The molecule has 0 bridgehead atoms. The lowest BCUT2D eigenvalue weighted by Crippen LogP contribution is -1.96. The van der Waals surface area contributed by atoms with Gasteiger partial charge in [-0.05, 0) is 113 Å². The number of para-hydroxylation sites is 1. The van der Waals surface area contributed by atoms with E-state index in [9.17, 15) is 0 Å². The molecule has 0 aliphatic rings. The van der Waals surface area contributed by atoms with E-state index in [0.29, 0.717) is 0 Å². The third-order valence-electron chi connectivity index (χ3n) is 12.1. The number of benzene rings is 9. The molecule has 0 spiro atoms. The van der Waals surface area contributed by atoms with Gasteiger partial charge in [0.05, 0.1) is 16.7 Å². The van der Waals surface area contributed by atoms with E-state index in [1.807, 2.05) is 18.3 Å². The number of hydrogen-bond donors (Lipinski definition) is 0. The molecule has 0 radical (unpaired) electrons. The molecule has 2 heteroatoms. The highest BCUT2D eigenvalue weighted by Crippen LogP contribution is 2.45. The first-order valence-electron chi connectivity index (χ1n) is 20.1. The molecule has 2 aromatic heterocycles. The first-order valence-corrected chi connectivity index (χ1v) is 20.1. The zero-order valence-electron chi connectivity index (χ0n) is 32.2. The minimum Gasteiger partial charge on any atom is -0.256 e. The maximum atomic E-state index is 5.58. The van der Waals surface area contributed by atoms with Crippen molar-refractivity contribution in [3.8, 4) is 44.6 Å². The van der Waals surface area contributed by atoms with Gasteiger partial charge in [0.15, 0.2) is 0 Å². The van der Waals surface area contributed by atoms with E-state index in [-0.39, 0.29) is 0 Å². The Balaban J connectivity index is 1.23. The molecule has 0 saturated carbocycles. The molecule has 11 aromatic rings. The molecule has 0 saturated heterocycles. The highest BCUT2D eigenvalue weighted by Gasteiger charge is 2.20. The van der Waals surface area contributed by atoms with Gasteiger partial charge in [-0.2, -0.15) is 0 Å². The van der Waals surface area contributed by atoms with Crippen LogP contribution in [0.15, 0.2) is 189 Å². The average Bonchev–Trinajstić information content (AvgIpc) is 3.30. The smallest absolute Gasteiger partial charge is 0.0794 e. The van der Waals surface area contributed by atoms with E-state index < -0.39 is 0 Å². The number of fused-ring (bicyclic) bond motifs is 8. The van der Waals surface area contributed by atoms with Crippen LogP contribution in [0.3, 0.4) is 0 Å². The topological polar surface area (TPSA) is 25.8 Å². The van der Waals surface area contributed by atoms with Gasteiger partial charge in [-0.15, -0.1) is 0 Å². The van der Waals surface area contributed by atoms with Gasteiger partial charge < -0.3 is 0 Å². The Labute approximate surface area is 337 Å². The lowest BCUT2D eigenvalue weighted by Gasteiger charge is -2.19. The molecule has 272 valence electrons. The van der Waals surface area contributed by atoms with Crippen molar-refractivity contribution in [1.29, 1.82) is 0 Å². The van der Waals surface area contributed by atoms with Crippen LogP contribution < -0.4 is 0 Å². The van der Waals surface area contributed by atoms with Crippen LogP contribution in [0.2, 0.25) is 0 Å². The predicted molar refractivity (Wildman–Crippen MR) is 248 cm³/mol. The van der Waals surface area contributed by atoms with Gasteiger partial charge in [-0.25, -0.2) is 4.98 Å². The third-order valence-corrected chi connectivity index (χ3v) is 12.1. The molecule has 0 aliphatic carbocycles. The molecule has 0 fully saturated rings. The maximum Gasteiger partial charge on any atom is 0.0794 e. The van der Waals surface area contributed by atoms with Crippen LogP contribution in [-0.4, -0.2) is 9.97 Å². The van der Waals surface area contributed by atoms with Crippen LogP contribution in [-0.2, 0) is 6.42 Å². The first-order chi connectivity index (χ1) is 28.7. The van der Waals surface area contributed by atoms with E-state index in [2.05, 4.69) is 183 Å². The summed E-state index contributed by atoms with van der Waals surface area (Å²) in [5, 5.41) is 12.0. The lowest BCUT2D eigenvalue weighted by atomic mass is 9.85. The third kappa shape index (κ3) is 5.33. The Hall–Kier alpha value is -7.42. The summed E-state index contributed by atoms with van der Waals surface area (Å²) in [5.74, 6) is 0. The Morgan fingerprint density at radius 1 is 0.431 bits per heavy atom. The number of nitrogens with zero attached hydrogens (tertiary/aromatic N) is 2. The Morgan fingerprint density at radius 2 is 1.00 bits per heavy atom. The summed E-state index contributed by atoms with van der Waals surface area (Å²) in [6.07, 6.45) is 4.82. The van der Waals surface area contributed by atoms with Crippen LogP contribution in [0, 0.1) is 0 Å². The van der Waals surface area contributed by atoms with Gasteiger partial charge >= 0.3 is 0 Å². The van der Waals surface area contributed by atoms with Crippen molar-refractivity contribution in [2.24, 2.45) is 0 Å². The molecule has 0 N–H and O–H groups in total. The van der Waals surface area contributed by atoms with Gasteiger partial charge in [-0.1, -0.05) is 165 Å². The van der Waals surface area contributed by atoms with Crippen molar-refractivity contribution in [1.82, 2.24) is 9.97 Å². The van der Waals surface area contributed by atoms with Gasteiger partial charge in [-0.3, -0.25) is 4.98 Å². The van der Waals surface area contributed by atoms with Crippen molar-refractivity contribution < 1.29 is 0 Å². The average molecular weight is 739 g/mol. The molecular weight excluding hydrogens is 701 g/mol. The number of aryl methyl sites for hydroxylation is 1. The molecular formula is C56H38N2. The van der Waals surface area contributed by atoms with Gasteiger partial charge in [0.2, 0.25) is 0 Å². The molecule has 2 heterocycles. The summed E-state index contributed by atoms with van der Waals surface area (Å²) in [4.78, 5) is 10.3. The van der Waals surface area contributed by atoms with Crippen molar-refractivity contribution in [3.05, 3.63) is 200 Å². The fraction of sp³-hybridized carbons (Fsp3) is 0.0357. The zero-order chi connectivity index (χ0) is 38.7. The molecule has 0 unspecified atom stereocenters. The second-order valence-electron chi connectivity index (χ2n) is 15.2. The highest BCUT2D eigenvalue weighted by molar-refractivity contribution is 6.22. The normalized spacial score (nSPS) is 11.7. The van der Waals surface area contributed by atoms with Crippen molar-refractivity contribution >= 4 is 71.0 Å². The first kappa shape index (κ1) is 33.9. The zero-order valence-corrected chi connectivity index (χ0v) is 32.2. The van der Waals surface area contributed by atoms with Crippen molar-refractivity contribution in [2.75, 3.05) is 0 Å². The van der Waals surface area contributed by atoms with E-state index in [1.54, 1.807) is 0 Å². The van der Waals surface area contributed by atoms with E-state index in [4.69, 9.17) is 9.97 Å². The minimum absolute atomic E-state index is 0.937. The second kappa shape index (κ2) is 13.7. The van der Waals surface area contributed by atoms with Crippen LogP contribution in [0.25, 0.3) is 116 Å². The summed E-state index contributed by atoms with van der Waals surface area (Å²) in [6.45, 7) is 6.50. The van der Waals surface area contributed by atoms with Gasteiger partial charge in [0.25, 0.3) is 0 Å². The Kier molecular flexibility index (Phi) is 7.97. The van der Waals surface area contributed by atoms with Crippen LogP contribution in [0.4, 0.5) is 0 Å². The highest BCUT2D eigenvalue weighted by atomic mass is 14.7. The van der Waals surface area contributed by atoms with Gasteiger partial charge in [0, 0.05) is 33.5 Å². The second-order valence-corrected chi connectivity index (χ2v) is 15.2. The van der Waals surface area contributed by atoms with E-state index >= 15 is 0 Å². The standard InChI is InChI=1S/C56H38N2/c1-3-35-31-49(45-21-9-7-19-43(45)40(35)4-2)51-33-53-52(50-32-39-15-5-6-18-41(39)44-20-8-10-22-46(44)50)34-54(58-56(53)48-24-12-11-23-47(48)51)37-28-26-36(27-29-37)42-25-13-16-38-17-14-30-57-55(38)42/h3,5-34H,1,4H2,2H3. The number of pyridine rings is 2. The summed E-state index contributed by atoms with van der Waals surface area (Å²) in [6, 6.07) is 64.0. The Morgan fingerprint density at radius 3 is 1.76 bits per heavy atom. The maximum absolute atomic E-state index is 5.58. The van der Waals surface area contributed by atoms with Crippen molar-refractivity contribution in [3.63, 3.8) is 0 Å². The Bertz CT molecular complexity index is 3440. The van der Waals surface area contributed by atoms with Gasteiger partial charge in [0.1, 0.15) is 0 Å². The molecule has 9 aromatic carbocycles. The summed E-state index contributed by atoms with van der Waals surface area (Å²) in [7, 11) is 0. The van der Waals surface area contributed by atoms with E-state index in [1.165, 1.54) is 65.5 Å². The fourth-order valence-corrected chi connectivity index (χ4v) is 9.34. The molecule has 0 amide bonds. The van der Waals surface area contributed by atoms with Crippen LogP contribution in [0.5, 0.6) is 0 Å². The van der Waals surface area contributed by atoms with E-state index in [0.717, 1.165) is 61.6 Å². The van der Waals surface area contributed by atoms with Crippen molar-refractivity contribution in [2.45, 2.75) is 13.3 Å². The minimum atomic E-state index is 0.937. The monoisotopic (exact) mass is 738 g/mol. The fourth-order valence-electron chi connectivity index (χ4n) is 9.34. The molecule has 2 nitrogen and oxygen atoms in total. The summed E-state index contributed by atoms with van der Waals surface area (Å²) < 4.78 is 0. The quantitative estimate of drug-likeness (QED) is 0.159. The molecule has 0 atom stereocenters. The molecule has 0 aliphatic heterocycles.